The van der Waals surface area contributed by atoms with Crippen molar-refractivity contribution >= 4 is 11.9 Å². The van der Waals surface area contributed by atoms with Crippen LogP contribution in [0.1, 0.15) is 16.2 Å². The summed E-state index contributed by atoms with van der Waals surface area (Å²) >= 11 is 0. The van der Waals surface area contributed by atoms with E-state index in [4.69, 9.17) is 9.63 Å². The van der Waals surface area contributed by atoms with Crippen LogP contribution in [0.25, 0.3) is 0 Å². The zero-order valence-corrected chi connectivity index (χ0v) is 9.11. The third kappa shape index (κ3) is 2.90. The predicted octanol–water partition coefficient (Wildman–Crippen LogP) is -0.719. The van der Waals surface area contributed by atoms with Crippen LogP contribution in [0.15, 0.2) is 23.0 Å². The van der Waals surface area contributed by atoms with Gasteiger partial charge in [0.2, 0.25) is 5.91 Å². The van der Waals surface area contributed by atoms with Gasteiger partial charge in [-0.15, -0.1) is 5.10 Å². The lowest BCUT2D eigenvalue weighted by molar-refractivity contribution is -0.122. The van der Waals surface area contributed by atoms with E-state index in [2.05, 4.69) is 20.8 Å². The maximum absolute atomic E-state index is 11.5. The average Bonchev–Trinajstić information content (AvgIpc) is 2.96. The molecule has 2 aromatic rings. The van der Waals surface area contributed by atoms with Crippen molar-refractivity contribution < 1.29 is 19.2 Å². The van der Waals surface area contributed by atoms with E-state index in [0.717, 1.165) is 4.68 Å². The van der Waals surface area contributed by atoms with Crippen LogP contribution in [-0.4, -0.2) is 37.1 Å². The fraction of sp³-hybridized carbons (Fsp3) is 0.222. The Bertz CT molecular complexity index is 547. The molecule has 0 aliphatic carbocycles. The van der Waals surface area contributed by atoms with Gasteiger partial charge in [-0.05, 0) is 0 Å². The smallest absolute Gasteiger partial charge is 0.358 e. The molecule has 2 heterocycles. The zero-order chi connectivity index (χ0) is 13.0. The molecule has 2 N–H and O–H groups in total. The van der Waals surface area contributed by atoms with Crippen LogP contribution < -0.4 is 5.32 Å². The topological polar surface area (TPSA) is 123 Å². The molecular weight excluding hydrogens is 242 g/mol. The number of aromatic carboxylic acids is 1. The molecule has 18 heavy (non-hydrogen) atoms. The molecule has 0 atom stereocenters. The molecule has 1 amide bonds. The fourth-order valence-electron chi connectivity index (χ4n) is 1.20. The highest BCUT2D eigenvalue weighted by Gasteiger charge is 2.10. The first-order chi connectivity index (χ1) is 8.65. The molecule has 0 fully saturated rings. The lowest BCUT2D eigenvalue weighted by Crippen LogP contribution is -2.27. The Labute approximate surface area is 100 Å². The summed E-state index contributed by atoms with van der Waals surface area (Å²) in [5.41, 5.74) is -0.210. The molecule has 0 aliphatic heterocycles. The number of carbonyl (C=O) groups excluding carboxylic acids is 1. The maximum atomic E-state index is 11.5. The summed E-state index contributed by atoms with van der Waals surface area (Å²) in [4.78, 5) is 22.0. The predicted molar refractivity (Wildman–Crippen MR) is 55.3 cm³/mol. The van der Waals surface area contributed by atoms with Crippen LogP contribution >= 0.6 is 0 Å². The molecule has 0 aliphatic rings. The van der Waals surface area contributed by atoms with Gasteiger partial charge in [-0.1, -0.05) is 10.4 Å². The fourth-order valence-corrected chi connectivity index (χ4v) is 1.20. The molecule has 2 aromatic heterocycles. The molecule has 94 valence electrons. The van der Waals surface area contributed by atoms with E-state index in [1.54, 1.807) is 6.07 Å². The Morgan fingerprint density at radius 2 is 2.33 bits per heavy atom. The minimum absolute atomic E-state index is 0.117. The molecule has 2 rings (SSSR count). The number of carboxylic acids is 1. The lowest BCUT2D eigenvalue weighted by Gasteiger charge is -2.01. The van der Waals surface area contributed by atoms with Gasteiger partial charge in [-0.2, -0.15) is 0 Å². The monoisotopic (exact) mass is 251 g/mol. The van der Waals surface area contributed by atoms with Crippen LogP contribution in [0.5, 0.6) is 0 Å². The summed E-state index contributed by atoms with van der Waals surface area (Å²) in [7, 11) is 0. The second-order valence-electron chi connectivity index (χ2n) is 3.36. The van der Waals surface area contributed by atoms with E-state index < -0.39 is 5.97 Å². The first-order valence-electron chi connectivity index (χ1n) is 4.95. The largest absolute Gasteiger partial charge is 0.476 e. The third-order valence-electron chi connectivity index (χ3n) is 2.01. The van der Waals surface area contributed by atoms with Crippen molar-refractivity contribution in [3.63, 3.8) is 0 Å². The van der Waals surface area contributed by atoms with Crippen molar-refractivity contribution in [1.82, 2.24) is 25.5 Å². The average molecular weight is 251 g/mol. The molecule has 9 nitrogen and oxygen atoms in total. The SMILES string of the molecule is O=C(Cn1cc(C(=O)O)nn1)NCc1ccno1. The molecule has 9 heteroatoms. The van der Waals surface area contributed by atoms with Crippen molar-refractivity contribution in [3.05, 3.63) is 29.9 Å². The second-order valence-corrected chi connectivity index (χ2v) is 3.36. The van der Waals surface area contributed by atoms with Gasteiger partial charge >= 0.3 is 5.97 Å². The molecular formula is C9H9N5O4. The summed E-state index contributed by atoms with van der Waals surface area (Å²) in [6.07, 6.45) is 2.65. The first-order valence-corrected chi connectivity index (χ1v) is 4.95. The first kappa shape index (κ1) is 11.8. The normalized spacial score (nSPS) is 10.2. The van der Waals surface area contributed by atoms with E-state index in [1.807, 2.05) is 0 Å². The Morgan fingerprint density at radius 3 is 2.94 bits per heavy atom. The van der Waals surface area contributed by atoms with Crippen molar-refractivity contribution in [2.24, 2.45) is 0 Å². The van der Waals surface area contributed by atoms with Gasteiger partial charge in [-0.3, -0.25) is 4.79 Å². The number of rotatable bonds is 5. The Hall–Kier alpha value is -2.71. The Kier molecular flexibility index (Phi) is 3.32. The number of aromatic nitrogens is 4. The van der Waals surface area contributed by atoms with E-state index >= 15 is 0 Å². The van der Waals surface area contributed by atoms with Gasteiger partial charge in [0.25, 0.3) is 0 Å². The third-order valence-corrected chi connectivity index (χ3v) is 2.01. The lowest BCUT2D eigenvalue weighted by atomic mass is 10.4. The van der Waals surface area contributed by atoms with Crippen molar-refractivity contribution in [2.75, 3.05) is 0 Å². The van der Waals surface area contributed by atoms with Crippen LogP contribution in [-0.2, 0) is 17.9 Å². The number of hydrogen-bond donors (Lipinski definition) is 2. The molecule has 0 radical (unpaired) electrons. The van der Waals surface area contributed by atoms with Gasteiger partial charge in [0.05, 0.1) is 18.9 Å². The van der Waals surface area contributed by atoms with Crippen LogP contribution in [0.4, 0.5) is 0 Å². The second kappa shape index (κ2) is 5.08. The minimum Gasteiger partial charge on any atom is -0.476 e. The van der Waals surface area contributed by atoms with E-state index in [-0.39, 0.29) is 24.7 Å². The molecule has 0 bridgehead atoms. The van der Waals surface area contributed by atoms with Crippen LogP contribution in [0.3, 0.4) is 0 Å². The van der Waals surface area contributed by atoms with Gasteiger partial charge in [0, 0.05) is 6.07 Å². The standard InChI is InChI=1S/C9H9N5O4/c15-8(10-3-6-1-2-11-18-6)5-14-4-7(9(16)17)12-13-14/h1-2,4H,3,5H2,(H,10,15)(H,16,17). The summed E-state index contributed by atoms with van der Waals surface area (Å²) in [5, 5.41) is 21.6. The number of amides is 1. The van der Waals surface area contributed by atoms with Crippen LogP contribution in [0, 0.1) is 0 Å². The highest BCUT2D eigenvalue weighted by molar-refractivity contribution is 5.84. The summed E-state index contributed by atoms with van der Waals surface area (Å²) in [6, 6.07) is 1.62. The van der Waals surface area contributed by atoms with Crippen molar-refractivity contribution in [2.45, 2.75) is 13.1 Å². The number of carbonyl (C=O) groups is 2. The minimum atomic E-state index is -1.19. The summed E-state index contributed by atoms with van der Waals surface area (Å²) < 4.78 is 5.93. The van der Waals surface area contributed by atoms with Gasteiger partial charge in [-0.25, -0.2) is 9.48 Å². The number of nitrogens with zero attached hydrogens (tertiary/aromatic N) is 4. The van der Waals surface area contributed by atoms with Gasteiger partial charge in [0.1, 0.15) is 6.54 Å². The maximum Gasteiger partial charge on any atom is 0.358 e. The van der Waals surface area contributed by atoms with Gasteiger partial charge < -0.3 is 14.9 Å². The molecule has 0 spiro atoms. The Balaban J connectivity index is 1.85. The van der Waals surface area contributed by atoms with Crippen LogP contribution in [0.2, 0.25) is 0 Å². The molecule has 0 saturated carbocycles. The highest BCUT2D eigenvalue weighted by atomic mass is 16.5. The zero-order valence-electron chi connectivity index (χ0n) is 9.11. The quantitative estimate of drug-likeness (QED) is 0.718. The van der Waals surface area contributed by atoms with Gasteiger partial charge in [0.15, 0.2) is 11.5 Å². The summed E-state index contributed by atoms with van der Waals surface area (Å²) in [5.74, 6) is -1.01. The van der Waals surface area contributed by atoms with E-state index in [0.29, 0.717) is 5.76 Å². The Morgan fingerprint density at radius 1 is 1.50 bits per heavy atom. The molecule has 0 saturated heterocycles. The number of hydrogen-bond acceptors (Lipinski definition) is 6. The van der Waals surface area contributed by atoms with E-state index in [9.17, 15) is 9.59 Å². The van der Waals surface area contributed by atoms with Crippen molar-refractivity contribution in [1.29, 1.82) is 0 Å². The molecule has 0 unspecified atom stereocenters. The van der Waals surface area contributed by atoms with Crippen molar-refractivity contribution in [3.8, 4) is 0 Å². The summed E-state index contributed by atoms with van der Waals surface area (Å²) in [6.45, 7) is 0.0910. The number of nitrogens with one attached hydrogen (secondary N) is 1. The number of carboxylic acid groups (broad SMARTS) is 1. The van der Waals surface area contributed by atoms with E-state index in [1.165, 1.54) is 12.4 Å². The highest BCUT2D eigenvalue weighted by Crippen LogP contribution is 1.96. The molecule has 0 aromatic carbocycles.